The molecule has 2 rings (SSSR count). The average Bonchev–Trinajstić information content (AvgIpc) is 2.46. The second-order valence-corrected chi connectivity index (χ2v) is 4.79. The third-order valence-electron chi connectivity index (χ3n) is 3.46. The molecule has 0 N–H and O–H groups in total. The first-order valence-electron chi connectivity index (χ1n) is 6.29. The van der Waals surface area contributed by atoms with Crippen LogP contribution in [0, 0.1) is 26.1 Å². The van der Waals surface area contributed by atoms with Crippen LogP contribution in [0.1, 0.15) is 12.8 Å². The molecule has 0 radical (unpaired) electrons. The lowest BCUT2D eigenvalue weighted by Gasteiger charge is -2.34. The molecule has 1 aromatic rings. The summed E-state index contributed by atoms with van der Waals surface area (Å²) in [5.41, 5.74) is -0.585. The second kappa shape index (κ2) is 5.73. The summed E-state index contributed by atoms with van der Waals surface area (Å²) in [7, 11) is 0. The maximum Gasteiger partial charge on any atom is 0.299 e. The molecule has 21 heavy (non-hydrogen) atoms. The number of piperidine rings is 1. The Kier molecular flexibility index (Phi) is 4.01. The third-order valence-corrected chi connectivity index (χ3v) is 3.46. The van der Waals surface area contributed by atoms with Crippen LogP contribution < -0.4 is 10.0 Å². The van der Waals surface area contributed by atoms with Gasteiger partial charge in [0.2, 0.25) is 0 Å². The van der Waals surface area contributed by atoms with E-state index < -0.39 is 27.4 Å². The van der Waals surface area contributed by atoms with Crippen molar-refractivity contribution < 1.29 is 19.7 Å². The van der Waals surface area contributed by atoms with Gasteiger partial charge in [-0.2, -0.15) is 0 Å². The van der Waals surface area contributed by atoms with Gasteiger partial charge in [0.1, 0.15) is 5.69 Å². The summed E-state index contributed by atoms with van der Waals surface area (Å²) in [6, 6.07) is 3.34. The molecule has 1 aliphatic rings. The third kappa shape index (κ3) is 3.07. The van der Waals surface area contributed by atoms with Crippen molar-refractivity contribution in [2.24, 2.45) is 5.92 Å². The van der Waals surface area contributed by atoms with Gasteiger partial charge in [-0.15, -0.1) is 0 Å². The molecule has 112 valence electrons. The number of carbonyl (C=O) groups excluding carboxylic acids is 1. The fourth-order valence-electron chi connectivity index (χ4n) is 2.43. The predicted octanol–water partition coefficient (Wildman–Crippen LogP) is 0.469. The van der Waals surface area contributed by atoms with Gasteiger partial charge in [-0.25, -0.2) is 0 Å². The minimum absolute atomic E-state index is 0.0982. The van der Waals surface area contributed by atoms with Crippen molar-refractivity contribution >= 4 is 23.0 Å². The molecule has 1 aromatic carbocycles. The molecule has 0 amide bonds. The van der Waals surface area contributed by atoms with E-state index in [9.17, 15) is 30.1 Å². The van der Waals surface area contributed by atoms with Crippen LogP contribution in [-0.2, 0) is 4.79 Å². The van der Waals surface area contributed by atoms with Crippen molar-refractivity contribution in [3.63, 3.8) is 0 Å². The summed E-state index contributed by atoms with van der Waals surface area (Å²) in [5.74, 6) is -1.89. The van der Waals surface area contributed by atoms with Gasteiger partial charge in [-0.1, -0.05) is 0 Å². The summed E-state index contributed by atoms with van der Waals surface area (Å²) in [6.45, 7) is 0.559. The number of nitrogens with zero attached hydrogens (tertiary/aromatic N) is 3. The quantitative estimate of drug-likeness (QED) is 0.582. The van der Waals surface area contributed by atoms with E-state index in [4.69, 9.17) is 0 Å². The molecule has 1 fully saturated rings. The Bertz CT molecular complexity index is 603. The van der Waals surface area contributed by atoms with Crippen LogP contribution in [0.25, 0.3) is 0 Å². The highest BCUT2D eigenvalue weighted by Gasteiger charge is 2.27. The fourth-order valence-corrected chi connectivity index (χ4v) is 2.43. The van der Waals surface area contributed by atoms with Gasteiger partial charge in [0.25, 0.3) is 11.4 Å². The normalized spacial score (nSPS) is 18.3. The minimum Gasteiger partial charge on any atom is -0.550 e. The number of non-ortho nitro benzene ring substituents is 1. The average molecular weight is 294 g/mol. The largest absolute Gasteiger partial charge is 0.550 e. The predicted molar refractivity (Wildman–Crippen MR) is 69.7 cm³/mol. The number of anilines is 1. The van der Waals surface area contributed by atoms with Crippen LogP contribution in [0.4, 0.5) is 17.1 Å². The maximum atomic E-state index is 11.1. The molecular weight excluding hydrogens is 282 g/mol. The number of nitro groups is 2. The molecule has 1 atom stereocenters. The Morgan fingerprint density at radius 2 is 1.95 bits per heavy atom. The molecular formula is C12H12N3O6-. The monoisotopic (exact) mass is 294 g/mol. The zero-order valence-corrected chi connectivity index (χ0v) is 10.9. The first-order chi connectivity index (χ1) is 9.90. The molecule has 9 nitrogen and oxygen atoms in total. The molecule has 0 saturated carbocycles. The molecule has 0 unspecified atom stereocenters. The molecule has 0 aliphatic carbocycles. The molecule has 0 spiro atoms. The van der Waals surface area contributed by atoms with Crippen LogP contribution in [0.2, 0.25) is 0 Å². The first kappa shape index (κ1) is 14.7. The summed E-state index contributed by atoms with van der Waals surface area (Å²) < 4.78 is 0. The standard InChI is InChI=1S/C12H13N3O6/c16-12(17)8-2-1-5-13(7-8)10-4-3-9(14(18)19)6-11(10)15(20)21/h3-4,6,8H,1-2,5,7H2,(H,16,17)/p-1/t8-/m1/s1. The lowest BCUT2D eigenvalue weighted by molar-refractivity contribution is -0.393. The van der Waals surface area contributed by atoms with Gasteiger partial charge in [-0.3, -0.25) is 20.2 Å². The van der Waals surface area contributed by atoms with Gasteiger partial charge in [0.05, 0.1) is 15.9 Å². The van der Waals surface area contributed by atoms with E-state index in [1.807, 2.05) is 0 Å². The van der Waals surface area contributed by atoms with Crippen LogP contribution in [0.5, 0.6) is 0 Å². The van der Waals surface area contributed by atoms with Crippen LogP contribution in [0.3, 0.4) is 0 Å². The second-order valence-electron chi connectivity index (χ2n) is 4.79. The maximum absolute atomic E-state index is 11.1. The van der Waals surface area contributed by atoms with Crippen molar-refractivity contribution in [3.05, 3.63) is 38.4 Å². The lowest BCUT2D eigenvalue weighted by atomic mass is 9.97. The van der Waals surface area contributed by atoms with Crippen LogP contribution in [0.15, 0.2) is 18.2 Å². The van der Waals surface area contributed by atoms with E-state index in [-0.39, 0.29) is 17.9 Å². The van der Waals surface area contributed by atoms with E-state index in [0.717, 1.165) is 6.07 Å². The first-order valence-corrected chi connectivity index (χ1v) is 6.29. The summed E-state index contributed by atoms with van der Waals surface area (Å²) in [5, 5.41) is 32.7. The van der Waals surface area contributed by atoms with Crippen LogP contribution >= 0.6 is 0 Å². The molecule has 1 heterocycles. The number of benzene rings is 1. The smallest absolute Gasteiger partial charge is 0.299 e. The van der Waals surface area contributed by atoms with Gasteiger partial charge in [-0.05, 0) is 18.9 Å². The molecule has 1 saturated heterocycles. The summed E-state index contributed by atoms with van der Waals surface area (Å²) in [4.78, 5) is 32.8. The zero-order chi connectivity index (χ0) is 15.6. The number of rotatable bonds is 4. The number of hydrogen-bond acceptors (Lipinski definition) is 7. The van der Waals surface area contributed by atoms with E-state index in [2.05, 4.69) is 0 Å². The van der Waals surface area contributed by atoms with E-state index in [1.165, 1.54) is 12.1 Å². The highest BCUT2D eigenvalue weighted by Crippen LogP contribution is 2.34. The Morgan fingerprint density at radius 3 is 2.52 bits per heavy atom. The highest BCUT2D eigenvalue weighted by atomic mass is 16.6. The molecule has 1 aliphatic heterocycles. The fraction of sp³-hybridized carbons (Fsp3) is 0.417. The topological polar surface area (TPSA) is 130 Å². The van der Waals surface area contributed by atoms with Crippen molar-refractivity contribution in [1.82, 2.24) is 0 Å². The van der Waals surface area contributed by atoms with Crippen molar-refractivity contribution in [3.8, 4) is 0 Å². The summed E-state index contributed by atoms with van der Waals surface area (Å²) in [6.07, 6.45) is 1.02. The summed E-state index contributed by atoms with van der Waals surface area (Å²) >= 11 is 0. The van der Waals surface area contributed by atoms with E-state index in [1.54, 1.807) is 4.90 Å². The Labute approximate surface area is 119 Å². The number of hydrogen-bond donors (Lipinski definition) is 0. The van der Waals surface area contributed by atoms with Crippen molar-refractivity contribution in [1.29, 1.82) is 0 Å². The highest BCUT2D eigenvalue weighted by molar-refractivity contribution is 5.71. The van der Waals surface area contributed by atoms with Gasteiger partial charge >= 0.3 is 0 Å². The number of carbonyl (C=O) groups is 1. The van der Waals surface area contributed by atoms with E-state index >= 15 is 0 Å². The number of carboxylic acids is 1. The SMILES string of the molecule is O=C([O-])[C@@H]1CCCN(c2ccc([N+](=O)[O-])cc2[N+](=O)[O-])C1. The lowest BCUT2D eigenvalue weighted by Crippen LogP contribution is -2.44. The molecule has 0 bridgehead atoms. The number of carboxylic acid groups (broad SMARTS) is 1. The Hall–Kier alpha value is -2.71. The van der Waals surface area contributed by atoms with Gasteiger partial charge < -0.3 is 14.8 Å². The Balaban J connectivity index is 2.36. The zero-order valence-electron chi connectivity index (χ0n) is 10.9. The van der Waals surface area contributed by atoms with Crippen molar-refractivity contribution in [2.45, 2.75) is 12.8 Å². The van der Waals surface area contributed by atoms with Gasteiger partial charge in [0, 0.05) is 31.0 Å². The molecule has 9 heteroatoms. The number of aliphatic carboxylic acids is 1. The van der Waals surface area contributed by atoms with Crippen LogP contribution in [-0.4, -0.2) is 28.9 Å². The van der Waals surface area contributed by atoms with Crippen molar-refractivity contribution in [2.75, 3.05) is 18.0 Å². The Morgan fingerprint density at radius 1 is 1.24 bits per heavy atom. The minimum atomic E-state index is -1.19. The van der Waals surface area contributed by atoms with Gasteiger partial charge in [0.15, 0.2) is 0 Å². The number of nitro benzene ring substituents is 2. The molecule has 0 aromatic heterocycles. The van der Waals surface area contributed by atoms with E-state index in [0.29, 0.717) is 19.4 Å².